The van der Waals surface area contributed by atoms with Gasteiger partial charge in [-0.05, 0) is 37.9 Å². The average molecular weight is 436 g/mol. The standard InChI is InChI=1S/C22H33N3O6/c1-3-15(2)16-8-9-17(18(12-16)25(30)31)23-10-6-4-5-7-11-24-13-20(27)22(29)21(28)19(24)14-26/h1,8-9,12,15,19-23,26-29H,4-7,10-11,13-14H2,2H3/t15?,19-,20+,21-,22-/m1/s1. The Morgan fingerprint density at radius 2 is 1.97 bits per heavy atom. The zero-order valence-corrected chi connectivity index (χ0v) is 17.9. The third-order valence-electron chi connectivity index (χ3n) is 5.87. The molecule has 31 heavy (non-hydrogen) atoms. The van der Waals surface area contributed by atoms with Crippen molar-refractivity contribution in [3.8, 4) is 12.3 Å². The number of rotatable bonds is 11. The first kappa shape index (κ1) is 25.0. The van der Waals surface area contributed by atoms with Crippen molar-refractivity contribution in [3.05, 3.63) is 33.9 Å². The molecule has 1 aliphatic heterocycles. The second-order valence-electron chi connectivity index (χ2n) is 8.06. The predicted molar refractivity (Wildman–Crippen MR) is 118 cm³/mol. The van der Waals surface area contributed by atoms with E-state index in [9.17, 15) is 30.5 Å². The zero-order valence-electron chi connectivity index (χ0n) is 17.9. The van der Waals surface area contributed by atoms with Crippen molar-refractivity contribution in [2.75, 3.05) is 31.6 Å². The first-order valence-electron chi connectivity index (χ1n) is 10.7. The molecule has 5 atom stereocenters. The monoisotopic (exact) mass is 435 g/mol. The molecule has 1 unspecified atom stereocenters. The topological polar surface area (TPSA) is 139 Å². The number of nitrogens with one attached hydrogen (secondary N) is 1. The second-order valence-corrected chi connectivity index (χ2v) is 8.06. The number of nitrogens with zero attached hydrogens (tertiary/aromatic N) is 2. The predicted octanol–water partition coefficient (Wildman–Crippen LogP) is 1.06. The van der Waals surface area contributed by atoms with Crippen LogP contribution in [0.4, 0.5) is 11.4 Å². The van der Waals surface area contributed by atoms with E-state index in [0.717, 1.165) is 31.2 Å². The molecule has 1 heterocycles. The third-order valence-corrected chi connectivity index (χ3v) is 5.87. The highest BCUT2D eigenvalue weighted by atomic mass is 16.6. The number of anilines is 1. The van der Waals surface area contributed by atoms with Crippen molar-refractivity contribution in [2.24, 2.45) is 0 Å². The summed E-state index contributed by atoms with van der Waals surface area (Å²) in [6.45, 7) is 2.94. The van der Waals surface area contributed by atoms with Crippen LogP contribution in [-0.2, 0) is 0 Å². The van der Waals surface area contributed by atoms with E-state index in [-0.39, 0.29) is 24.8 Å². The number of β-amino-alcohol motifs (C(OH)–C–C–N with tert-alkyl or cyclic N) is 1. The largest absolute Gasteiger partial charge is 0.395 e. The summed E-state index contributed by atoms with van der Waals surface area (Å²) in [6.07, 6.45) is 5.38. The number of piperidine rings is 1. The number of unbranched alkanes of at least 4 members (excludes halogenated alkanes) is 3. The number of nitro groups is 1. The van der Waals surface area contributed by atoms with Crippen molar-refractivity contribution >= 4 is 11.4 Å². The van der Waals surface area contributed by atoms with Crippen LogP contribution in [0.15, 0.2) is 18.2 Å². The first-order valence-corrected chi connectivity index (χ1v) is 10.7. The highest BCUT2D eigenvalue weighted by Crippen LogP contribution is 2.28. The van der Waals surface area contributed by atoms with Crippen molar-refractivity contribution < 1.29 is 25.3 Å². The molecule has 1 aliphatic rings. The molecule has 0 amide bonds. The number of terminal acetylenes is 1. The van der Waals surface area contributed by atoms with Crippen LogP contribution in [0.25, 0.3) is 0 Å². The van der Waals surface area contributed by atoms with Gasteiger partial charge in [-0.1, -0.05) is 24.8 Å². The first-order chi connectivity index (χ1) is 14.8. The number of aliphatic hydroxyl groups is 4. The Kier molecular flexibility index (Phi) is 9.68. The van der Waals surface area contributed by atoms with Gasteiger partial charge in [0.05, 0.1) is 23.7 Å². The zero-order chi connectivity index (χ0) is 23.0. The van der Waals surface area contributed by atoms with Crippen LogP contribution in [0.1, 0.15) is 44.1 Å². The molecule has 1 saturated heterocycles. The Balaban J connectivity index is 1.74. The molecule has 1 aromatic carbocycles. The van der Waals surface area contributed by atoms with Gasteiger partial charge >= 0.3 is 0 Å². The van der Waals surface area contributed by atoms with E-state index in [0.29, 0.717) is 18.8 Å². The number of hydrogen-bond donors (Lipinski definition) is 5. The van der Waals surface area contributed by atoms with Crippen molar-refractivity contribution in [1.29, 1.82) is 0 Å². The number of likely N-dealkylation sites (tertiary alicyclic amines) is 1. The van der Waals surface area contributed by atoms with E-state index in [1.54, 1.807) is 12.1 Å². The maximum Gasteiger partial charge on any atom is 0.292 e. The van der Waals surface area contributed by atoms with Gasteiger partial charge in [-0.25, -0.2) is 0 Å². The van der Waals surface area contributed by atoms with Crippen molar-refractivity contribution in [1.82, 2.24) is 4.90 Å². The Morgan fingerprint density at radius 3 is 2.61 bits per heavy atom. The number of hydrogen-bond acceptors (Lipinski definition) is 8. The lowest BCUT2D eigenvalue weighted by atomic mass is 9.94. The quantitative estimate of drug-likeness (QED) is 0.150. The van der Waals surface area contributed by atoms with Gasteiger partial charge in [-0.2, -0.15) is 0 Å². The highest BCUT2D eigenvalue weighted by molar-refractivity contribution is 5.63. The van der Waals surface area contributed by atoms with E-state index in [2.05, 4.69) is 11.2 Å². The van der Waals surface area contributed by atoms with E-state index < -0.39 is 29.3 Å². The van der Waals surface area contributed by atoms with E-state index in [4.69, 9.17) is 6.42 Å². The van der Waals surface area contributed by atoms with Gasteiger partial charge in [-0.15, -0.1) is 6.42 Å². The number of benzene rings is 1. The number of nitro benzene ring substituents is 1. The summed E-state index contributed by atoms with van der Waals surface area (Å²) >= 11 is 0. The summed E-state index contributed by atoms with van der Waals surface area (Å²) < 4.78 is 0. The van der Waals surface area contributed by atoms with Gasteiger partial charge in [-0.3, -0.25) is 15.0 Å². The molecule has 0 spiro atoms. The van der Waals surface area contributed by atoms with Crippen LogP contribution in [0.2, 0.25) is 0 Å². The molecule has 1 fully saturated rings. The van der Waals surface area contributed by atoms with Crippen LogP contribution in [0, 0.1) is 22.5 Å². The molecule has 172 valence electrons. The van der Waals surface area contributed by atoms with Gasteiger partial charge < -0.3 is 25.7 Å². The molecular formula is C22H33N3O6. The van der Waals surface area contributed by atoms with E-state index in [1.807, 2.05) is 11.8 Å². The van der Waals surface area contributed by atoms with Crippen LogP contribution in [-0.4, -0.2) is 80.8 Å². The van der Waals surface area contributed by atoms with Gasteiger partial charge in [0.25, 0.3) is 5.69 Å². The molecule has 5 N–H and O–H groups in total. The fraction of sp³-hybridized carbons (Fsp3) is 0.636. The Labute approximate surface area is 182 Å². The third kappa shape index (κ3) is 6.63. The molecule has 0 aromatic heterocycles. The summed E-state index contributed by atoms with van der Waals surface area (Å²) in [5, 5.41) is 53.6. The van der Waals surface area contributed by atoms with Gasteiger partial charge in [0.2, 0.25) is 0 Å². The van der Waals surface area contributed by atoms with Crippen molar-refractivity contribution in [2.45, 2.75) is 62.9 Å². The molecule has 0 aliphatic carbocycles. The summed E-state index contributed by atoms with van der Waals surface area (Å²) in [5.41, 5.74) is 1.22. The molecule has 0 bridgehead atoms. The average Bonchev–Trinajstić information content (AvgIpc) is 2.76. The van der Waals surface area contributed by atoms with Crippen LogP contribution < -0.4 is 5.32 Å². The summed E-state index contributed by atoms with van der Waals surface area (Å²) in [7, 11) is 0. The molecule has 0 radical (unpaired) electrons. The summed E-state index contributed by atoms with van der Waals surface area (Å²) in [6, 6.07) is 4.43. The summed E-state index contributed by atoms with van der Waals surface area (Å²) in [4.78, 5) is 12.8. The smallest absolute Gasteiger partial charge is 0.292 e. The van der Waals surface area contributed by atoms with Crippen LogP contribution >= 0.6 is 0 Å². The lowest BCUT2D eigenvalue weighted by Gasteiger charge is -2.43. The van der Waals surface area contributed by atoms with E-state index in [1.165, 1.54) is 6.07 Å². The molecule has 1 aromatic rings. The lowest BCUT2D eigenvalue weighted by molar-refractivity contribution is -0.384. The van der Waals surface area contributed by atoms with Gasteiger partial charge in [0.1, 0.15) is 17.9 Å². The van der Waals surface area contributed by atoms with E-state index >= 15 is 0 Å². The molecule has 9 heteroatoms. The lowest BCUT2D eigenvalue weighted by Crippen LogP contribution is -2.62. The molecular weight excluding hydrogens is 402 g/mol. The van der Waals surface area contributed by atoms with Gasteiger partial charge in [0, 0.05) is 25.1 Å². The second kappa shape index (κ2) is 12.0. The number of aliphatic hydroxyl groups excluding tert-OH is 4. The molecule has 2 rings (SSSR count). The molecule has 0 saturated carbocycles. The van der Waals surface area contributed by atoms with Gasteiger partial charge in [0.15, 0.2) is 0 Å². The molecule has 9 nitrogen and oxygen atoms in total. The van der Waals surface area contributed by atoms with Crippen molar-refractivity contribution in [3.63, 3.8) is 0 Å². The van der Waals surface area contributed by atoms with Crippen LogP contribution in [0.5, 0.6) is 0 Å². The SMILES string of the molecule is C#CC(C)c1ccc(NCCCCCCN2C[C@H](O)[C@@H](O)[C@H](O)[C@H]2CO)c([N+](=O)[O-])c1. The fourth-order valence-electron chi connectivity index (χ4n) is 3.87. The normalized spacial score (nSPS) is 25.0. The maximum absolute atomic E-state index is 11.4. The minimum Gasteiger partial charge on any atom is -0.395 e. The minimum atomic E-state index is -1.24. The Morgan fingerprint density at radius 1 is 1.26 bits per heavy atom. The van der Waals surface area contributed by atoms with Crippen LogP contribution in [0.3, 0.4) is 0 Å². The Hall–Kier alpha value is -2.22. The summed E-state index contributed by atoms with van der Waals surface area (Å²) in [5.74, 6) is 2.38. The fourth-order valence-corrected chi connectivity index (χ4v) is 3.87. The maximum atomic E-state index is 11.4. The minimum absolute atomic E-state index is 0.0130. The Bertz CT molecular complexity index is 768. The highest BCUT2D eigenvalue weighted by Gasteiger charge is 2.40.